The first-order valence-electron chi connectivity index (χ1n) is 5.47. The van der Waals surface area contributed by atoms with Crippen LogP contribution in [0, 0.1) is 11.8 Å². The van der Waals surface area contributed by atoms with Gasteiger partial charge in [-0.25, -0.2) is 0 Å². The van der Waals surface area contributed by atoms with Crippen LogP contribution in [0.4, 0.5) is 0 Å². The second-order valence-electron chi connectivity index (χ2n) is 3.74. The van der Waals surface area contributed by atoms with Gasteiger partial charge in [-0.15, -0.1) is 0 Å². The number of hydrogen-bond donors (Lipinski definition) is 3. The van der Waals surface area contributed by atoms with Crippen molar-refractivity contribution in [2.75, 3.05) is 0 Å². The maximum absolute atomic E-state index is 11.0. The molecule has 0 saturated heterocycles. The summed E-state index contributed by atoms with van der Waals surface area (Å²) in [7, 11) is 0. The Balaban J connectivity index is 3.13. The summed E-state index contributed by atoms with van der Waals surface area (Å²) in [5.41, 5.74) is 0.316. The zero-order valence-corrected chi connectivity index (χ0v) is 12.0. The number of rotatable bonds is 3. The van der Waals surface area contributed by atoms with Crippen molar-refractivity contribution in [2.45, 2.75) is 26.2 Å². The van der Waals surface area contributed by atoms with Crippen molar-refractivity contribution >= 4 is 26.9 Å². The standard InChI is InChI=1S/C13H13GeO4/c1-2-3-4-5-6-8-7-9(13(17)18)10(14)12(16)11(8)15/h7,15-16H,2-3,6H2,1H3,(H,17,18). The molecule has 5 heteroatoms. The molecule has 1 aromatic rings. The topological polar surface area (TPSA) is 77.8 Å². The number of phenolic OH excluding ortho intramolecular Hbond substituents is 2. The zero-order valence-electron chi connectivity index (χ0n) is 9.95. The number of carboxylic acid groups (broad SMARTS) is 1. The van der Waals surface area contributed by atoms with Gasteiger partial charge < -0.3 is 0 Å². The van der Waals surface area contributed by atoms with E-state index in [4.69, 9.17) is 5.11 Å². The van der Waals surface area contributed by atoms with Gasteiger partial charge in [-0.3, -0.25) is 0 Å². The molecule has 3 radical (unpaired) electrons. The molecular weight excluding hydrogens is 293 g/mol. The van der Waals surface area contributed by atoms with Crippen LogP contribution in [0.3, 0.4) is 0 Å². The molecule has 93 valence electrons. The number of aromatic hydroxyl groups is 2. The van der Waals surface area contributed by atoms with Gasteiger partial charge in [0.25, 0.3) is 0 Å². The molecule has 3 N–H and O–H groups in total. The van der Waals surface area contributed by atoms with Crippen molar-refractivity contribution in [2.24, 2.45) is 0 Å². The molecule has 1 rings (SSSR count). The number of carboxylic acids is 1. The fourth-order valence-corrected chi connectivity index (χ4v) is 2.01. The Labute approximate surface area is 114 Å². The van der Waals surface area contributed by atoms with Crippen molar-refractivity contribution in [3.8, 4) is 23.3 Å². The van der Waals surface area contributed by atoms with Gasteiger partial charge in [-0.1, -0.05) is 0 Å². The van der Waals surface area contributed by atoms with Gasteiger partial charge in [-0.05, 0) is 0 Å². The van der Waals surface area contributed by atoms with E-state index >= 15 is 0 Å². The summed E-state index contributed by atoms with van der Waals surface area (Å²) >= 11 is 1.45. The van der Waals surface area contributed by atoms with E-state index in [1.165, 1.54) is 22.6 Å². The SMILES string of the molecule is CCCC#CCc1cc(C(=O)O)[c]([Ge])c(O)c1O. The molecule has 18 heavy (non-hydrogen) atoms. The molecule has 1 aromatic carbocycles. The summed E-state index contributed by atoms with van der Waals surface area (Å²) in [5, 5.41) is 28.4. The van der Waals surface area contributed by atoms with Gasteiger partial charge in [0.15, 0.2) is 0 Å². The van der Waals surface area contributed by atoms with Crippen molar-refractivity contribution in [3.05, 3.63) is 17.2 Å². The fraction of sp³-hybridized carbons (Fsp3) is 0.308. The monoisotopic (exact) mass is 307 g/mol. The van der Waals surface area contributed by atoms with E-state index < -0.39 is 5.97 Å². The Morgan fingerprint density at radius 2 is 2.00 bits per heavy atom. The molecule has 0 aliphatic rings. The molecule has 0 aliphatic carbocycles. The molecule has 0 spiro atoms. The quantitative estimate of drug-likeness (QED) is 0.441. The normalized spacial score (nSPS) is 9.67. The predicted molar refractivity (Wildman–Crippen MR) is 68.5 cm³/mol. The van der Waals surface area contributed by atoms with Crippen molar-refractivity contribution < 1.29 is 20.1 Å². The summed E-state index contributed by atoms with van der Waals surface area (Å²) in [5.74, 6) is 3.94. The fourth-order valence-electron chi connectivity index (χ4n) is 1.39. The zero-order chi connectivity index (χ0) is 13.7. The van der Waals surface area contributed by atoms with Gasteiger partial charge in [0.05, 0.1) is 0 Å². The Morgan fingerprint density at radius 3 is 2.56 bits per heavy atom. The molecule has 0 unspecified atom stereocenters. The van der Waals surface area contributed by atoms with E-state index in [1.807, 2.05) is 6.92 Å². The molecule has 0 fully saturated rings. The van der Waals surface area contributed by atoms with Gasteiger partial charge in [-0.2, -0.15) is 0 Å². The van der Waals surface area contributed by atoms with Crippen LogP contribution < -0.4 is 4.40 Å². The van der Waals surface area contributed by atoms with Gasteiger partial charge in [0, 0.05) is 0 Å². The van der Waals surface area contributed by atoms with Crippen molar-refractivity contribution in [3.63, 3.8) is 0 Å². The predicted octanol–water partition coefficient (Wildman–Crippen LogP) is 0.936. The first kappa shape index (κ1) is 14.5. The van der Waals surface area contributed by atoms with Crippen LogP contribution in [0.2, 0.25) is 0 Å². The van der Waals surface area contributed by atoms with Gasteiger partial charge in [0.2, 0.25) is 0 Å². The number of benzene rings is 1. The molecule has 0 heterocycles. The third-order valence-electron chi connectivity index (χ3n) is 2.36. The average molecular weight is 306 g/mol. The van der Waals surface area contributed by atoms with E-state index in [-0.39, 0.29) is 27.9 Å². The summed E-state index contributed by atoms with van der Waals surface area (Å²) < 4.78 is 0.158. The first-order valence-corrected chi connectivity index (χ1v) is 6.52. The third kappa shape index (κ3) is 3.20. The molecule has 0 saturated carbocycles. The van der Waals surface area contributed by atoms with E-state index in [2.05, 4.69) is 11.8 Å². The van der Waals surface area contributed by atoms with Crippen LogP contribution in [0.25, 0.3) is 0 Å². The summed E-state index contributed by atoms with van der Waals surface area (Å²) in [4.78, 5) is 11.0. The molecule has 0 aliphatic heterocycles. The summed E-state index contributed by atoms with van der Waals surface area (Å²) in [6.07, 6.45) is 1.92. The van der Waals surface area contributed by atoms with E-state index in [0.717, 1.165) is 12.8 Å². The number of phenols is 2. The third-order valence-corrected chi connectivity index (χ3v) is 3.42. The van der Waals surface area contributed by atoms with Crippen molar-refractivity contribution in [1.82, 2.24) is 0 Å². The second-order valence-corrected chi connectivity index (χ2v) is 4.79. The van der Waals surface area contributed by atoms with Crippen LogP contribution in [-0.2, 0) is 6.42 Å². The van der Waals surface area contributed by atoms with Crippen LogP contribution in [-0.4, -0.2) is 37.8 Å². The Bertz CT molecular complexity index is 526. The average Bonchev–Trinajstić information content (AvgIpc) is 2.33. The van der Waals surface area contributed by atoms with E-state index in [0.29, 0.717) is 5.56 Å². The summed E-state index contributed by atoms with van der Waals surface area (Å²) in [6, 6.07) is 1.35. The van der Waals surface area contributed by atoms with E-state index in [1.54, 1.807) is 0 Å². The number of carbonyl (C=O) groups is 1. The van der Waals surface area contributed by atoms with Crippen LogP contribution >= 0.6 is 0 Å². The molecule has 0 aromatic heterocycles. The molecule has 0 bridgehead atoms. The molecule has 0 amide bonds. The number of hydrogen-bond acceptors (Lipinski definition) is 3. The first-order chi connectivity index (χ1) is 8.49. The molecule has 4 nitrogen and oxygen atoms in total. The van der Waals surface area contributed by atoms with Crippen LogP contribution in [0.15, 0.2) is 6.07 Å². The van der Waals surface area contributed by atoms with Gasteiger partial charge in [0.1, 0.15) is 0 Å². The van der Waals surface area contributed by atoms with Gasteiger partial charge >= 0.3 is 114 Å². The van der Waals surface area contributed by atoms with E-state index in [9.17, 15) is 15.0 Å². The minimum atomic E-state index is -1.13. The number of unbranched alkanes of at least 4 members (excludes halogenated alkanes) is 1. The number of aromatic carboxylic acids is 1. The minimum absolute atomic E-state index is 0.0161. The Kier molecular flexibility index (Phi) is 5.11. The molecular formula is C13H13GeO4. The maximum atomic E-state index is 11.0. The summed E-state index contributed by atoms with van der Waals surface area (Å²) in [6.45, 7) is 2.01. The Morgan fingerprint density at radius 1 is 1.33 bits per heavy atom. The molecule has 0 atom stereocenters. The van der Waals surface area contributed by atoms with Crippen molar-refractivity contribution in [1.29, 1.82) is 0 Å². The van der Waals surface area contributed by atoms with Crippen LogP contribution in [0.1, 0.15) is 35.7 Å². The Hall–Kier alpha value is -1.61. The van der Waals surface area contributed by atoms with Crippen LogP contribution in [0.5, 0.6) is 11.5 Å². The second kappa shape index (κ2) is 6.36.